The Balaban J connectivity index is 3.59. The Morgan fingerprint density at radius 3 is 2.27 bits per heavy atom. The lowest BCUT2D eigenvalue weighted by atomic mass is 10.2. The normalized spacial score (nSPS) is 11.2. The van der Waals surface area contributed by atoms with Gasteiger partial charge in [-0.2, -0.15) is 0 Å². The highest BCUT2D eigenvalue weighted by atomic mass is 16.7. The van der Waals surface area contributed by atoms with Gasteiger partial charge in [-0.15, -0.1) is 0 Å². The van der Waals surface area contributed by atoms with E-state index in [0.29, 0.717) is 6.42 Å². The second kappa shape index (κ2) is 5.09. The summed E-state index contributed by atoms with van der Waals surface area (Å²) in [5.41, 5.74) is 0. The summed E-state index contributed by atoms with van der Waals surface area (Å²) in [4.78, 5) is 9.64. The van der Waals surface area contributed by atoms with Crippen LogP contribution in [0.1, 0.15) is 13.3 Å². The van der Waals surface area contributed by atoms with Crippen LogP contribution in [-0.2, 0) is 19.0 Å². The van der Waals surface area contributed by atoms with Crippen molar-refractivity contribution in [1.82, 2.24) is 0 Å². The van der Waals surface area contributed by atoms with Crippen LogP contribution in [0.3, 0.4) is 0 Å². The molecule has 0 aliphatic carbocycles. The van der Waals surface area contributed by atoms with Crippen LogP contribution in [0, 0.1) is 0 Å². The maximum absolute atomic E-state index is 9.64. The van der Waals surface area contributed by atoms with Crippen LogP contribution in [0.5, 0.6) is 0 Å². The first kappa shape index (κ1) is 10.4. The second-order valence-electron chi connectivity index (χ2n) is 2.22. The molecule has 0 saturated carbocycles. The molecule has 0 saturated heterocycles. The summed E-state index contributed by atoms with van der Waals surface area (Å²) >= 11 is 0. The third-order valence-corrected chi connectivity index (χ3v) is 1.58. The first-order valence-electron chi connectivity index (χ1n) is 3.28. The Bertz CT molecular complexity index is 109. The van der Waals surface area contributed by atoms with Crippen molar-refractivity contribution in [3.63, 3.8) is 0 Å². The molecule has 11 heavy (non-hydrogen) atoms. The standard InChI is InChI=1S/C7H13O4/c1-7(9-2,10-3)4-5-11-6-8/h4-5H2,1-3H3. The van der Waals surface area contributed by atoms with Gasteiger partial charge in [-0.1, -0.05) is 0 Å². The first-order chi connectivity index (χ1) is 5.18. The van der Waals surface area contributed by atoms with Gasteiger partial charge < -0.3 is 14.2 Å². The lowest BCUT2D eigenvalue weighted by molar-refractivity contribution is -0.200. The van der Waals surface area contributed by atoms with Gasteiger partial charge in [0.1, 0.15) is 0 Å². The van der Waals surface area contributed by atoms with Gasteiger partial charge in [0.25, 0.3) is 0 Å². The van der Waals surface area contributed by atoms with E-state index in [9.17, 15) is 4.79 Å². The van der Waals surface area contributed by atoms with Crippen LogP contribution in [0.25, 0.3) is 0 Å². The van der Waals surface area contributed by atoms with E-state index in [1.807, 2.05) is 0 Å². The van der Waals surface area contributed by atoms with E-state index in [-0.39, 0.29) is 6.61 Å². The summed E-state index contributed by atoms with van der Waals surface area (Å²) in [5, 5.41) is 0. The fraction of sp³-hybridized carbons (Fsp3) is 0.857. The molecule has 0 spiro atoms. The predicted molar refractivity (Wildman–Crippen MR) is 38.7 cm³/mol. The Morgan fingerprint density at radius 2 is 1.91 bits per heavy atom. The SMILES string of the molecule is COC(C)(CCO[C]=O)OC. The minimum atomic E-state index is -0.670. The van der Waals surface area contributed by atoms with E-state index in [4.69, 9.17) is 9.47 Å². The summed E-state index contributed by atoms with van der Waals surface area (Å²) in [6.45, 7) is 3.34. The van der Waals surface area contributed by atoms with E-state index in [2.05, 4.69) is 4.74 Å². The van der Waals surface area contributed by atoms with Crippen molar-refractivity contribution in [3.8, 4) is 0 Å². The number of ether oxygens (including phenoxy) is 3. The molecule has 65 valence electrons. The molecule has 0 aliphatic rings. The molecule has 0 rings (SSSR count). The highest BCUT2D eigenvalue weighted by molar-refractivity contribution is 5.38. The topological polar surface area (TPSA) is 44.8 Å². The van der Waals surface area contributed by atoms with Crippen molar-refractivity contribution >= 4 is 6.47 Å². The first-order valence-corrected chi connectivity index (χ1v) is 3.28. The minimum Gasteiger partial charge on any atom is -0.457 e. The molecule has 0 fully saturated rings. The van der Waals surface area contributed by atoms with Gasteiger partial charge in [0.05, 0.1) is 6.61 Å². The van der Waals surface area contributed by atoms with Gasteiger partial charge in [-0.3, -0.25) is 0 Å². The molecular formula is C7H13O4. The zero-order chi connectivity index (χ0) is 8.74. The van der Waals surface area contributed by atoms with Crippen LogP contribution >= 0.6 is 0 Å². The molecule has 4 heteroatoms. The van der Waals surface area contributed by atoms with Gasteiger partial charge in [0, 0.05) is 20.6 Å². The summed E-state index contributed by atoms with van der Waals surface area (Å²) in [5.74, 6) is -0.670. The third-order valence-electron chi connectivity index (χ3n) is 1.58. The van der Waals surface area contributed by atoms with E-state index in [1.165, 1.54) is 20.7 Å². The van der Waals surface area contributed by atoms with Crippen molar-refractivity contribution in [2.45, 2.75) is 19.1 Å². The largest absolute Gasteiger partial charge is 0.457 e. The quantitative estimate of drug-likeness (QED) is 0.419. The molecule has 0 bridgehead atoms. The van der Waals surface area contributed by atoms with E-state index in [0.717, 1.165) is 0 Å². The molecular weight excluding hydrogens is 148 g/mol. The molecule has 4 nitrogen and oxygen atoms in total. The van der Waals surface area contributed by atoms with Gasteiger partial charge >= 0.3 is 6.47 Å². The highest BCUT2D eigenvalue weighted by Crippen LogP contribution is 2.14. The molecule has 1 radical (unpaired) electrons. The molecule has 0 aromatic carbocycles. The number of methoxy groups -OCH3 is 2. The molecule has 0 heterocycles. The van der Waals surface area contributed by atoms with Gasteiger partial charge in [-0.25, -0.2) is 4.79 Å². The number of hydrogen-bond acceptors (Lipinski definition) is 4. The summed E-state index contributed by atoms with van der Waals surface area (Å²) in [7, 11) is 3.07. The van der Waals surface area contributed by atoms with Crippen LogP contribution in [0.2, 0.25) is 0 Å². The van der Waals surface area contributed by atoms with Crippen molar-refractivity contribution in [2.75, 3.05) is 20.8 Å². The van der Waals surface area contributed by atoms with Crippen molar-refractivity contribution in [2.24, 2.45) is 0 Å². The van der Waals surface area contributed by atoms with Gasteiger partial charge in [-0.05, 0) is 6.92 Å². The highest BCUT2D eigenvalue weighted by Gasteiger charge is 2.21. The molecule has 0 amide bonds. The number of carbonyl (C=O) groups excluding carboxylic acids is 1. The summed E-state index contributed by atoms with van der Waals surface area (Å²) in [6.07, 6.45) is 0.495. The Hall–Kier alpha value is -0.610. The van der Waals surface area contributed by atoms with Crippen molar-refractivity contribution in [3.05, 3.63) is 0 Å². The molecule has 0 atom stereocenters. The van der Waals surface area contributed by atoms with Crippen molar-refractivity contribution in [1.29, 1.82) is 0 Å². The summed E-state index contributed by atoms with van der Waals surface area (Å²) < 4.78 is 14.4. The zero-order valence-electron chi connectivity index (χ0n) is 7.05. The fourth-order valence-electron chi connectivity index (χ4n) is 0.566. The predicted octanol–water partition coefficient (Wildman–Crippen LogP) is 0.469. The lowest BCUT2D eigenvalue weighted by Crippen LogP contribution is -2.31. The maximum atomic E-state index is 9.64. The van der Waals surface area contributed by atoms with E-state index >= 15 is 0 Å². The Kier molecular flexibility index (Phi) is 4.81. The second-order valence-corrected chi connectivity index (χ2v) is 2.22. The minimum absolute atomic E-state index is 0.252. The van der Waals surface area contributed by atoms with Crippen molar-refractivity contribution < 1.29 is 19.0 Å². The molecule has 0 aromatic heterocycles. The monoisotopic (exact) mass is 161 g/mol. The Labute approximate surface area is 66.4 Å². The fourth-order valence-corrected chi connectivity index (χ4v) is 0.566. The molecule has 0 unspecified atom stereocenters. The zero-order valence-corrected chi connectivity index (χ0v) is 7.05. The Morgan fingerprint density at radius 1 is 1.36 bits per heavy atom. The maximum Gasteiger partial charge on any atom is 0.417 e. The number of hydrogen-bond donors (Lipinski definition) is 0. The molecule has 0 N–H and O–H groups in total. The lowest BCUT2D eigenvalue weighted by Gasteiger charge is -2.25. The van der Waals surface area contributed by atoms with Crippen LogP contribution in [0.15, 0.2) is 0 Å². The van der Waals surface area contributed by atoms with Crippen LogP contribution < -0.4 is 0 Å². The van der Waals surface area contributed by atoms with Crippen LogP contribution in [-0.4, -0.2) is 33.1 Å². The average molecular weight is 161 g/mol. The number of rotatable bonds is 6. The van der Waals surface area contributed by atoms with E-state index in [1.54, 1.807) is 6.92 Å². The smallest absolute Gasteiger partial charge is 0.417 e. The van der Waals surface area contributed by atoms with Gasteiger partial charge in [0.2, 0.25) is 0 Å². The average Bonchev–Trinajstić information content (AvgIpc) is 2.05. The summed E-state index contributed by atoms with van der Waals surface area (Å²) in [6, 6.07) is 0. The molecule has 0 aliphatic heterocycles. The third kappa shape index (κ3) is 3.95. The van der Waals surface area contributed by atoms with E-state index < -0.39 is 5.79 Å². The molecule has 0 aromatic rings. The van der Waals surface area contributed by atoms with Gasteiger partial charge in [0.15, 0.2) is 5.79 Å². The van der Waals surface area contributed by atoms with Crippen LogP contribution in [0.4, 0.5) is 0 Å².